The minimum atomic E-state index is 1.18. The normalized spacial score (nSPS) is 11.8. The summed E-state index contributed by atoms with van der Waals surface area (Å²) in [5.41, 5.74) is 10.9. The van der Waals surface area contributed by atoms with Gasteiger partial charge in [-0.05, 0) is 93.2 Å². The van der Waals surface area contributed by atoms with Gasteiger partial charge in [-0.25, -0.2) is 0 Å². The molecule has 0 fully saturated rings. The summed E-state index contributed by atoms with van der Waals surface area (Å²) < 4.78 is 5.11. The summed E-state index contributed by atoms with van der Waals surface area (Å²) in [5, 5.41) is 7.70. The molecule has 0 saturated heterocycles. The SMILES string of the molecule is c1cc(-c2ccc3sc4ccccc4c3c2)cc(-c2ccccc2-n2c3ccccc3c3cc(-c4ccc5ccccc5c4)ccc32)c1. The van der Waals surface area contributed by atoms with E-state index >= 15 is 0 Å². The molecule has 2 heterocycles. The Bertz CT molecular complexity index is 2850. The monoisotopic (exact) mass is 627 g/mol. The third kappa shape index (κ3) is 4.31. The van der Waals surface area contributed by atoms with E-state index in [1.165, 1.54) is 91.8 Å². The summed E-state index contributed by atoms with van der Waals surface area (Å²) in [5.74, 6) is 0. The highest BCUT2D eigenvalue weighted by Crippen LogP contribution is 2.40. The van der Waals surface area contributed by atoms with Crippen LogP contribution in [0.2, 0.25) is 0 Å². The molecular formula is C46H29NS. The van der Waals surface area contributed by atoms with E-state index in [2.05, 4.69) is 180 Å². The van der Waals surface area contributed by atoms with Gasteiger partial charge in [-0.15, -0.1) is 11.3 Å². The van der Waals surface area contributed by atoms with Crippen LogP contribution in [-0.4, -0.2) is 4.57 Å². The third-order valence-electron chi connectivity index (χ3n) is 9.78. The molecule has 0 amide bonds. The maximum Gasteiger partial charge on any atom is 0.0541 e. The number of benzene rings is 8. The van der Waals surface area contributed by atoms with Crippen molar-refractivity contribution in [2.75, 3.05) is 0 Å². The zero-order valence-electron chi connectivity index (χ0n) is 26.1. The van der Waals surface area contributed by atoms with Gasteiger partial charge in [-0.1, -0.05) is 121 Å². The molecule has 0 bridgehead atoms. The summed E-state index contributed by atoms with van der Waals surface area (Å²) in [6.45, 7) is 0. The first-order valence-corrected chi connectivity index (χ1v) is 17.2. The first kappa shape index (κ1) is 27.2. The molecule has 2 aromatic heterocycles. The maximum atomic E-state index is 2.44. The van der Waals surface area contributed by atoms with Crippen LogP contribution in [0.4, 0.5) is 0 Å². The second kappa shape index (κ2) is 10.8. The van der Waals surface area contributed by atoms with E-state index in [0.717, 1.165) is 0 Å². The molecule has 0 saturated carbocycles. The lowest BCUT2D eigenvalue weighted by Crippen LogP contribution is -1.97. The molecule has 0 aliphatic carbocycles. The predicted molar refractivity (Wildman–Crippen MR) is 207 cm³/mol. The molecule has 0 atom stereocenters. The Balaban J connectivity index is 1.12. The maximum absolute atomic E-state index is 2.44. The van der Waals surface area contributed by atoms with E-state index in [9.17, 15) is 0 Å². The van der Waals surface area contributed by atoms with E-state index in [0.29, 0.717) is 0 Å². The molecule has 2 heteroatoms. The Morgan fingerprint density at radius 1 is 0.333 bits per heavy atom. The Hall–Kier alpha value is -5.96. The van der Waals surface area contributed by atoms with Crippen molar-refractivity contribution in [2.24, 2.45) is 0 Å². The molecule has 0 aliphatic rings. The van der Waals surface area contributed by atoms with Crippen LogP contribution in [0, 0.1) is 0 Å². The summed E-state index contributed by atoms with van der Waals surface area (Å²) in [7, 11) is 0. The molecule has 224 valence electrons. The van der Waals surface area contributed by atoms with Gasteiger partial charge in [0.15, 0.2) is 0 Å². The highest BCUT2D eigenvalue weighted by Gasteiger charge is 2.17. The number of para-hydroxylation sites is 2. The molecule has 0 aliphatic heterocycles. The number of hydrogen-bond donors (Lipinski definition) is 0. The molecular weight excluding hydrogens is 599 g/mol. The zero-order chi connectivity index (χ0) is 31.6. The van der Waals surface area contributed by atoms with Gasteiger partial charge in [-0.2, -0.15) is 0 Å². The molecule has 1 nitrogen and oxygen atoms in total. The average Bonchev–Trinajstić information content (AvgIpc) is 3.69. The standard InChI is InChI=1S/C46H29NS/c1-2-11-31-26-33(21-20-30(31)10-1)34-22-24-44-40(28-34)38-15-4-7-18-43(38)47(44)42-17-6-3-14-37(42)36-13-9-12-32(27-36)35-23-25-46-41(29-35)39-16-5-8-19-45(39)48-46/h1-29H. The van der Waals surface area contributed by atoms with Gasteiger partial charge in [0.25, 0.3) is 0 Å². The van der Waals surface area contributed by atoms with Gasteiger partial charge in [0.1, 0.15) is 0 Å². The first-order valence-electron chi connectivity index (χ1n) is 16.4. The Morgan fingerprint density at radius 2 is 0.958 bits per heavy atom. The Labute approximate surface area is 282 Å². The van der Waals surface area contributed by atoms with Crippen molar-refractivity contribution in [1.82, 2.24) is 4.57 Å². The van der Waals surface area contributed by atoms with E-state index in [1.54, 1.807) is 0 Å². The molecule has 0 unspecified atom stereocenters. The van der Waals surface area contributed by atoms with Crippen LogP contribution in [-0.2, 0) is 0 Å². The Kier molecular flexibility index (Phi) is 6.12. The lowest BCUT2D eigenvalue weighted by molar-refractivity contribution is 1.18. The molecule has 8 aromatic carbocycles. The quantitative estimate of drug-likeness (QED) is 0.183. The Morgan fingerprint density at radius 3 is 1.90 bits per heavy atom. The van der Waals surface area contributed by atoms with Crippen molar-refractivity contribution < 1.29 is 0 Å². The van der Waals surface area contributed by atoms with Crippen LogP contribution < -0.4 is 0 Å². The van der Waals surface area contributed by atoms with Crippen molar-refractivity contribution in [3.05, 3.63) is 176 Å². The van der Waals surface area contributed by atoms with Gasteiger partial charge in [0.2, 0.25) is 0 Å². The van der Waals surface area contributed by atoms with Gasteiger partial charge in [0, 0.05) is 36.5 Å². The highest BCUT2D eigenvalue weighted by atomic mass is 32.1. The van der Waals surface area contributed by atoms with Crippen LogP contribution >= 0.6 is 11.3 Å². The van der Waals surface area contributed by atoms with Crippen molar-refractivity contribution in [2.45, 2.75) is 0 Å². The van der Waals surface area contributed by atoms with Gasteiger partial charge in [-0.3, -0.25) is 0 Å². The van der Waals surface area contributed by atoms with Crippen molar-refractivity contribution in [1.29, 1.82) is 0 Å². The van der Waals surface area contributed by atoms with Crippen LogP contribution in [0.5, 0.6) is 0 Å². The molecule has 10 aromatic rings. The third-order valence-corrected chi connectivity index (χ3v) is 10.9. The fraction of sp³-hybridized carbons (Fsp3) is 0. The van der Waals surface area contributed by atoms with Crippen molar-refractivity contribution >= 4 is 64.1 Å². The number of nitrogens with zero attached hydrogens (tertiary/aromatic N) is 1. The lowest BCUT2D eigenvalue weighted by atomic mass is 9.97. The average molecular weight is 628 g/mol. The predicted octanol–water partition coefficient (Wildman–Crippen LogP) is 13.3. The number of aromatic nitrogens is 1. The van der Waals surface area contributed by atoms with E-state index < -0.39 is 0 Å². The van der Waals surface area contributed by atoms with E-state index in [4.69, 9.17) is 0 Å². The van der Waals surface area contributed by atoms with E-state index in [-0.39, 0.29) is 0 Å². The molecule has 0 spiro atoms. The van der Waals surface area contributed by atoms with Crippen molar-refractivity contribution in [3.8, 4) is 39.1 Å². The first-order chi connectivity index (χ1) is 23.8. The lowest BCUT2D eigenvalue weighted by Gasteiger charge is -2.15. The summed E-state index contributed by atoms with van der Waals surface area (Å²) in [4.78, 5) is 0. The van der Waals surface area contributed by atoms with Gasteiger partial charge >= 0.3 is 0 Å². The minimum Gasteiger partial charge on any atom is -0.309 e. The number of thiophene rings is 1. The van der Waals surface area contributed by atoms with Crippen LogP contribution in [0.1, 0.15) is 0 Å². The molecule has 0 radical (unpaired) electrons. The summed E-state index contributed by atoms with van der Waals surface area (Å²) in [6.07, 6.45) is 0. The fourth-order valence-electron chi connectivity index (χ4n) is 7.47. The fourth-order valence-corrected chi connectivity index (χ4v) is 8.55. The number of hydrogen-bond acceptors (Lipinski definition) is 1. The summed E-state index contributed by atoms with van der Waals surface area (Å²) >= 11 is 1.86. The number of rotatable bonds is 4. The molecule has 10 rings (SSSR count). The molecule has 48 heavy (non-hydrogen) atoms. The second-order valence-corrected chi connectivity index (χ2v) is 13.6. The summed E-state index contributed by atoms with van der Waals surface area (Å²) in [6, 6.07) is 64.6. The van der Waals surface area contributed by atoms with Crippen LogP contribution in [0.15, 0.2) is 176 Å². The molecule has 0 N–H and O–H groups in total. The second-order valence-electron chi connectivity index (χ2n) is 12.6. The largest absolute Gasteiger partial charge is 0.309 e. The minimum absolute atomic E-state index is 1.18. The smallest absolute Gasteiger partial charge is 0.0541 e. The van der Waals surface area contributed by atoms with Gasteiger partial charge in [0.05, 0.1) is 16.7 Å². The number of fused-ring (bicyclic) bond motifs is 7. The van der Waals surface area contributed by atoms with Crippen LogP contribution in [0.25, 0.3) is 91.8 Å². The zero-order valence-corrected chi connectivity index (χ0v) is 26.9. The van der Waals surface area contributed by atoms with E-state index in [1.807, 2.05) is 11.3 Å². The van der Waals surface area contributed by atoms with Crippen molar-refractivity contribution in [3.63, 3.8) is 0 Å². The highest BCUT2D eigenvalue weighted by molar-refractivity contribution is 7.25. The van der Waals surface area contributed by atoms with Gasteiger partial charge < -0.3 is 4.57 Å². The van der Waals surface area contributed by atoms with Crippen LogP contribution in [0.3, 0.4) is 0 Å². The topological polar surface area (TPSA) is 4.93 Å².